The van der Waals surface area contributed by atoms with Crippen LogP contribution in [0, 0.1) is 5.82 Å². The zero-order valence-corrected chi connectivity index (χ0v) is 30.3. The summed E-state index contributed by atoms with van der Waals surface area (Å²) in [7, 11) is 3.25. The summed E-state index contributed by atoms with van der Waals surface area (Å²) in [5.41, 5.74) is 2.82. The van der Waals surface area contributed by atoms with Gasteiger partial charge in [0.2, 0.25) is 0 Å². The topological polar surface area (TPSA) is 89.0 Å². The summed E-state index contributed by atoms with van der Waals surface area (Å²) >= 11 is 1.53. The van der Waals surface area contributed by atoms with Gasteiger partial charge in [-0.3, -0.25) is 9.79 Å². The molecule has 0 saturated carbocycles. The maximum Gasteiger partial charge on any atom is 0.256 e. The molecule has 4 aromatic rings. The Balaban J connectivity index is 0.781. The van der Waals surface area contributed by atoms with Crippen LogP contribution in [0.1, 0.15) is 48.9 Å². The number of piperazine rings is 1. The smallest absolute Gasteiger partial charge is 0.256 e. The quantitative estimate of drug-likeness (QED) is 0.121. The number of nitrogens with zero attached hydrogens (tertiary/aromatic N) is 5. The Labute approximate surface area is 302 Å². The number of fused-ring (bicyclic) bond motifs is 3. The lowest BCUT2D eigenvalue weighted by Crippen LogP contribution is -2.46. The highest BCUT2D eigenvalue weighted by atomic mass is 32.1. The van der Waals surface area contributed by atoms with Gasteiger partial charge in [0.1, 0.15) is 10.8 Å². The van der Waals surface area contributed by atoms with Crippen LogP contribution in [0.2, 0.25) is 0 Å². The van der Waals surface area contributed by atoms with E-state index in [1.165, 1.54) is 23.5 Å². The molecule has 2 fully saturated rings. The number of aliphatic imine (C=N–C) groups is 1. The van der Waals surface area contributed by atoms with Crippen LogP contribution in [-0.2, 0) is 0 Å². The van der Waals surface area contributed by atoms with Crippen LogP contribution < -0.4 is 18.9 Å². The number of hydrogen-bond donors (Lipinski definition) is 0. The minimum Gasteiger partial charge on any atom is -0.493 e. The second kappa shape index (κ2) is 16.4. The number of benzene rings is 3. The maximum absolute atomic E-state index is 13.6. The van der Waals surface area contributed by atoms with E-state index in [1.807, 2.05) is 35.4 Å². The van der Waals surface area contributed by atoms with Crippen LogP contribution in [0.5, 0.6) is 23.0 Å². The summed E-state index contributed by atoms with van der Waals surface area (Å²) < 4.78 is 38.0. The first-order valence-electron chi connectivity index (χ1n) is 18.0. The number of amides is 1. The number of halogens is 1. The molecule has 2 saturated heterocycles. The van der Waals surface area contributed by atoms with Gasteiger partial charge in [0.15, 0.2) is 23.0 Å². The van der Waals surface area contributed by atoms with Crippen molar-refractivity contribution in [2.45, 2.75) is 44.6 Å². The van der Waals surface area contributed by atoms with Gasteiger partial charge < -0.3 is 33.6 Å². The third-order valence-corrected chi connectivity index (χ3v) is 11.0. The van der Waals surface area contributed by atoms with Crippen molar-refractivity contribution >= 4 is 39.4 Å². The van der Waals surface area contributed by atoms with E-state index in [1.54, 1.807) is 26.4 Å². The Hall–Kier alpha value is -4.26. The number of aromatic nitrogens is 1. The van der Waals surface area contributed by atoms with Crippen molar-refractivity contribution < 1.29 is 28.1 Å². The van der Waals surface area contributed by atoms with Crippen molar-refractivity contribution in [1.82, 2.24) is 19.7 Å². The second-order valence-electron chi connectivity index (χ2n) is 13.3. The minimum absolute atomic E-state index is 0.0200. The number of unbranched alkanes of at least 4 members (excludes halogenated alkanes) is 2. The van der Waals surface area contributed by atoms with Gasteiger partial charge in [0, 0.05) is 56.6 Å². The number of thiazole rings is 1. The van der Waals surface area contributed by atoms with Gasteiger partial charge in [-0.2, -0.15) is 0 Å². The molecule has 3 aliphatic rings. The molecule has 1 aromatic heterocycles. The fourth-order valence-electron chi connectivity index (χ4n) is 7.04. The SMILES string of the molecule is COc1cc(-c2nc3cc(F)ccc3s2)ccc1OCCCCN1CCN(CCCCOc2cc3c(cc2OC)C(=O)N2CCC[C@H]2C=N3)CC1. The van der Waals surface area contributed by atoms with Gasteiger partial charge in [-0.05, 0) is 88.0 Å². The lowest BCUT2D eigenvalue weighted by atomic mass is 10.1. The summed E-state index contributed by atoms with van der Waals surface area (Å²) in [6.07, 6.45) is 7.91. The van der Waals surface area contributed by atoms with E-state index < -0.39 is 0 Å². The largest absolute Gasteiger partial charge is 0.493 e. The monoisotopic (exact) mass is 715 g/mol. The molecule has 10 nitrogen and oxygen atoms in total. The predicted octanol–water partition coefficient (Wildman–Crippen LogP) is 7.08. The normalized spacial score (nSPS) is 17.7. The van der Waals surface area contributed by atoms with Gasteiger partial charge in [0.05, 0.1) is 54.9 Å². The average molecular weight is 716 g/mol. The number of hydrogen-bond acceptors (Lipinski definition) is 10. The van der Waals surface area contributed by atoms with Crippen molar-refractivity contribution in [1.29, 1.82) is 0 Å². The first-order valence-corrected chi connectivity index (χ1v) is 18.8. The lowest BCUT2D eigenvalue weighted by Gasteiger charge is -2.34. The van der Waals surface area contributed by atoms with Crippen molar-refractivity contribution in [2.75, 3.05) is 73.2 Å². The zero-order valence-electron chi connectivity index (χ0n) is 29.4. The minimum atomic E-state index is -0.283. The van der Waals surface area contributed by atoms with Crippen LogP contribution >= 0.6 is 11.3 Å². The first-order chi connectivity index (χ1) is 25.0. The van der Waals surface area contributed by atoms with E-state index in [0.29, 0.717) is 47.2 Å². The van der Waals surface area contributed by atoms with Gasteiger partial charge in [0.25, 0.3) is 5.91 Å². The predicted molar refractivity (Wildman–Crippen MR) is 199 cm³/mol. The number of ether oxygens (including phenoxy) is 4. The van der Waals surface area contributed by atoms with Gasteiger partial charge in [-0.15, -0.1) is 11.3 Å². The molecule has 3 aromatic carbocycles. The molecule has 4 heterocycles. The molecule has 270 valence electrons. The van der Waals surface area contributed by atoms with Crippen LogP contribution in [0.15, 0.2) is 53.5 Å². The molecule has 0 spiro atoms. The molecular weight excluding hydrogens is 670 g/mol. The maximum atomic E-state index is 13.6. The third-order valence-electron chi connectivity index (χ3n) is 9.94. The molecular formula is C39H46FN5O5S. The van der Waals surface area contributed by atoms with Crippen LogP contribution in [0.4, 0.5) is 10.1 Å². The summed E-state index contributed by atoms with van der Waals surface area (Å²) in [6.45, 7) is 8.42. The standard InChI is InChI=1S/C39H46FN5O5S/c1-47-34-22-27(38-42-32-23-28(40)10-12-37(32)51-38)9-11-33(34)49-20-5-3-13-43-16-18-44(19-17-43)14-4-6-21-50-36-25-31-30(24-35(36)48-2)39(46)45-15-7-8-29(45)26-41-31/h9-12,22-26,29H,3-8,13-21H2,1-2H3/t29-/m0/s1. The number of methoxy groups -OCH3 is 2. The van der Waals surface area contributed by atoms with Crippen LogP contribution in [0.3, 0.4) is 0 Å². The Morgan fingerprint density at radius 3 is 2.24 bits per heavy atom. The first kappa shape index (κ1) is 35.2. The molecule has 0 unspecified atom stereocenters. The highest BCUT2D eigenvalue weighted by molar-refractivity contribution is 7.21. The molecule has 7 rings (SSSR count). The van der Waals surface area contributed by atoms with Gasteiger partial charge in [-0.1, -0.05) is 0 Å². The molecule has 0 N–H and O–H groups in total. The Morgan fingerprint density at radius 2 is 1.51 bits per heavy atom. The highest BCUT2D eigenvalue weighted by Gasteiger charge is 2.32. The zero-order chi connectivity index (χ0) is 35.2. The van der Waals surface area contributed by atoms with Crippen molar-refractivity contribution in [3.63, 3.8) is 0 Å². The summed E-state index contributed by atoms with van der Waals surface area (Å²) in [4.78, 5) is 29.3. The Bertz CT molecular complexity index is 1860. The van der Waals surface area contributed by atoms with Crippen molar-refractivity contribution in [3.05, 3.63) is 59.9 Å². The van der Waals surface area contributed by atoms with Crippen molar-refractivity contribution in [3.8, 4) is 33.6 Å². The van der Waals surface area contributed by atoms with E-state index in [-0.39, 0.29) is 17.8 Å². The number of rotatable bonds is 15. The number of carbonyl (C=O) groups is 1. The summed E-state index contributed by atoms with van der Waals surface area (Å²) in [6, 6.07) is 14.2. The van der Waals surface area contributed by atoms with Gasteiger partial charge in [-0.25, -0.2) is 9.37 Å². The average Bonchev–Trinajstić information content (AvgIpc) is 3.78. The molecule has 0 radical (unpaired) electrons. The van der Waals surface area contributed by atoms with E-state index in [0.717, 1.165) is 105 Å². The van der Waals surface area contributed by atoms with Crippen LogP contribution in [-0.4, -0.2) is 111 Å². The van der Waals surface area contributed by atoms with E-state index >= 15 is 0 Å². The highest BCUT2D eigenvalue weighted by Crippen LogP contribution is 2.39. The summed E-state index contributed by atoms with van der Waals surface area (Å²) in [5.74, 6) is 2.34. The second-order valence-corrected chi connectivity index (χ2v) is 14.3. The molecule has 1 atom stereocenters. The fraction of sp³-hybridized carbons (Fsp3) is 0.462. The molecule has 0 bridgehead atoms. The Morgan fingerprint density at radius 1 is 0.804 bits per heavy atom. The Kier molecular flexibility index (Phi) is 11.3. The molecule has 12 heteroatoms. The molecule has 0 aliphatic carbocycles. The van der Waals surface area contributed by atoms with E-state index in [4.69, 9.17) is 18.9 Å². The van der Waals surface area contributed by atoms with Crippen molar-refractivity contribution in [2.24, 2.45) is 4.99 Å². The summed E-state index contributed by atoms with van der Waals surface area (Å²) in [5, 5.41) is 0.823. The number of carbonyl (C=O) groups excluding carboxylic acids is 1. The van der Waals surface area contributed by atoms with E-state index in [2.05, 4.69) is 19.8 Å². The van der Waals surface area contributed by atoms with Crippen LogP contribution in [0.25, 0.3) is 20.8 Å². The molecule has 51 heavy (non-hydrogen) atoms. The third kappa shape index (κ3) is 8.29. The molecule has 3 aliphatic heterocycles. The van der Waals surface area contributed by atoms with E-state index in [9.17, 15) is 9.18 Å². The molecule has 1 amide bonds. The van der Waals surface area contributed by atoms with Gasteiger partial charge >= 0.3 is 0 Å². The fourth-order valence-corrected chi connectivity index (χ4v) is 7.98. The lowest BCUT2D eigenvalue weighted by molar-refractivity contribution is 0.0774.